The van der Waals surface area contributed by atoms with Gasteiger partial charge in [0.25, 0.3) is 0 Å². The number of rotatable bonds is 4. The number of amides is 1. The Balaban J connectivity index is 1.78. The average Bonchev–Trinajstić information content (AvgIpc) is 2.92. The number of hydrogen-bond acceptors (Lipinski definition) is 6. The lowest BCUT2D eigenvalue weighted by molar-refractivity contribution is -0.113. The smallest absolute Gasteiger partial charge is 0.235 e. The van der Waals surface area contributed by atoms with E-state index in [1.807, 2.05) is 39.0 Å². The molecule has 0 radical (unpaired) electrons. The van der Waals surface area contributed by atoms with Crippen molar-refractivity contribution in [2.24, 2.45) is 0 Å². The van der Waals surface area contributed by atoms with Crippen molar-refractivity contribution >= 4 is 44.9 Å². The first kappa shape index (κ1) is 18.9. The van der Waals surface area contributed by atoms with Gasteiger partial charge < -0.3 is 5.32 Å². The van der Waals surface area contributed by atoms with Crippen molar-refractivity contribution in [1.29, 1.82) is 10.5 Å². The van der Waals surface area contributed by atoms with E-state index < -0.39 is 0 Å². The number of nitrogens with zero attached hydrogens (tertiary/aromatic N) is 3. The number of benzene rings is 1. The lowest BCUT2D eigenvalue weighted by Crippen LogP contribution is -2.14. The van der Waals surface area contributed by atoms with Gasteiger partial charge in [-0.25, -0.2) is 4.98 Å². The maximum absolute atomic E-state index is 12.3. The Morgan fingerprint density at radius 2 is 2.00 bits per heavy atom. The molecule has 0 saturated heterocycles. The summed E-state index contributed by atoms with van der Waals surface area (Å²) < 4.78 is 0. The van der Waals surface area contributed by atoms with Gasteiger partial charge in [0.15, 0.2) is 0 Å². The summed E-state index contributed by atoms with van der Waals surface area (Å²) >= 11 is 2.61. The fourth-order valence-electron chi connectivity index (χ4n) is 2.61. The van der Waals surface area contributed by atoms with Gasteiger partial charge >= 0.3 is 0 Å². The normalized spacial score (nSPS) is 10.4. The van der Waals surface area contributed by atoms with Crippen LogP contribution in [0.2, 0.25) is 0 Å². The van der Waals surface area contributed by atoms with E-state index >= 15 is 0 Å². The van der Waals surface area contributed by atoms with E-state index in [2.05, 4.69) is 22.4 Å². The van der Waals surface area contributed by atoms with Crippen LogP contribution in [-0.4, -0.2) is 16.6 Å². The van der Waals surface area contributed by atoms with Crippen LogP contribution in [0.3, 0.4) is 0 Å². The van der Waals surface area contributed by atoms with Crippen molar-refractivity contribution in [1.82, 2.24) is 4.98 Å². The molecule has 27 heavy (non-hydrogen) atoms. The molecule has 0 fully saturated rings. The number of hydrogen-bond donors (Lipinski definition) is 1. The number of thioether (sulfide) groups is 1. The number of carbonyl (C=O) groups is 1. The zero-order chi connectivity index (χ0) is 19.6. The van der Waals surface area contributed by atoms with Crippen LogP contribution >= 0.6 is 23.1 Å². The van der Waals surface area contributed by atoms with Gasteiger partial charge in [-0.1, -0.05) is 23.4 Å². The van der Waals surface area contributed by atoms with Gasteiger partial charge in [-0.3, -0.25) is 4.79 Å². The fourth-order valence-corrected chi connectivity index (χ4v) is 4.40. The predicted octanol–water partition coefficient (Wildman–Crippen LogP) is 4.70. The second-order valence-corrected chi connectivity index (χ2v) is 8.27. The Labute approximate surface area is 165 Å². The van der Waals surface area contributed by atoms with Crippen LogP contribution in [0.15, 0.2) is 29.3 Å². The summed E-state index contributed by atoms with van der Waals surface area (Å²) in [4.78, 5) is 17.9. The fraction of sp³-hybridized carbons (Fsp3) is 0.200. The van der Waals surface area contributed by atoms with E-state index in [1.54, 1.807) is 6.07 Å². The first-order valence-electron chi connectivity index (χ1n) is 8.17. The maximum atomic E-state index is 12.3. The molecule has 5 nitrogen and oxygen atoms in total. The number of nitrogens with one attached hydrogen (secondary N) is 1. The third-order valence-electron chi connectivity index (χ3n) is 4.15. The number of nitriles is 2. The Bertz CT molecular complexity index is 1140. The molecular formula is C20H16N4OS2. The molecule has 0 saturated carbocycles. The third-order valence-corrected chi connectivity index (χ3v) is 6.26. The minimum Gasteiger partial charge on any atom is -0.316 e. The van der Waals surface area contributed by atoms with E-state index in [0.717, 1.165) is 26.9 Å². The van der Waals surface area contributed by atoms with Crippen LogP contribution < -0.4 is 5.32 Å². The van der Waals surface area contributed by atoms with Gasteiger partial charge in [0.05, 0.1) is 22.4 Å². The maximum Gasteiger partial charge on any atom is 0.235 e. The molecule has 1 aromatic carbocycles. The molecule has 0 aliphatic rings. The Kier molecular flexibility index (Phi) is 5.46. The first-order valence-corrected chi connectivity index (χ1v) is 9.97. The standard InChI is InChI=1S/C20H16N4OS2/c1-11-4-5-17-14(6-11)7-15(8-21)19(23-17)26-10-18(25)24-20-16(9-22)12(2)13(3)27-20/h4-7H,10H2,1-3H3,(H,24,25). The summed E-state index contributed by atoms with van der Waals surface area (Å²) in [6.07, 6.45) is 0. The highest BCUT2D eigenvalue weighted by molar-refractivity contribution is 8.00. The van der Waals surface area contributed by atoms with E-state index in [0.29, 0.717) is 21.2 Å². The molecule has 7 heteroatoms. The highest BCUT2D eigenvalue weighted by Gasteiger charge is 2.16. The summed E-state index contributed by atoms with van der Waals surface area (Å²) in [5.74, 6) is -0.118. The lowest BCUT2D eigenvalue weighted by Gasteiger charge is -2.07. The van der Waals surface area contributed by atoms with Crippen LogP contribution in [0.5, 0.6) is 0 Å². The minimum atomic E-state index is -0.229. The van der Waals surface area contributed by atoms with Crippen LogP contribution in [0, 0.1) is 43.4 Å². The first-order chi connectivity index (χ1) is 12.9. The predicted molar refractivity (Wildman–Crippen MR) is 109 cm³/mol. The van der Waals surface area contributed by atoms with Crippen molar-refractivity contribution in [2.45, 2.75) is 25.8 Å². The quantitative estimate of drug-likeness (QED) is 0.650. The van der Waals surface area contributed by atoms with E-state index in [1.165, 1.54) is 23.1 Å². The topological polar surface area (TPSA) is 89.6 Å². The zero-order valence-electron chi connectivity index (χ0n) is 15.1. The van der Waals surface area contributed by atoms with E-state index in [-0.39, 0.29) is 11.7 Å². The average molecular weight is 393 g/mol. The highest BCUT2D eigenvalue weighted by Crippen LogP contribution is 2.32. The molecule has 3 rings (SSSR count). The Morgan fingerprint density at radius 1 is 1.22 bits per heavy atom. The monoisotopic (exact) mass is 392 g/mol. The SMILES string of the molecule is Cc1ccc2nc(SCC(=O)Nc3sc(C)c(C)c3C#N)c(C#N)cc2c1. The molecule has 0 spiro atoms. The number of aromatic nitrogens is 1. The van der Waals surface area contributed by atoms with Gasteiger partial charge in [0, 0.05) is 10.3 Å². The highest BCUT2D eigenvalue weighted by atomic mass is 32.2. The van der Waals surface area contributed by atoms with E-state index in [4.69, 9.17) is 0 Å². The van der Waals surface area contributed by atoms with Crippen molar-refractivity contribution in [3.8, 4) is 12.1 Å². The molecule has 0 aliphatic heterocycles. The molecule has 0 aliphatic carbocycles. The van der Waals surface area contributed by atoms with Crippen molar-refractivity contribution < 1.29 is 4.79 Å². The number of carbonyl (C=O) groups excluding carboxylic acids is 1. The van der Waals surface area contributed by atoms with Crippen LogP contribution in [-0.2, 0) is 4.79 Å². The number of thiophene rings is 1. The van der Waals surface area contributed by atoms with Gasteiger partial charge in [-0.2, -0.15) is 10.5 Å². The zero-order valence-corrected chi connectivity index (χ0v) is 16.7. The van der Waals surface area contributed by atoms with Crippen LogP contribution in [0.25, 0.3) is 10.9 Å². The summed E-state index contributed by atoms with van der Waals surface area (Å²) in [6, 6.07) is 12.0. The molecular weight excluding hydrogens is 376 g/mol. The number of fused-ring (bicyclic) bond motifs is 1. The summed E-state index contributed by atoms with van der Waals surface area (Å²) in [6.45, 7) is 5.78. The molecule has 2 heterocycles. The molecule has 3 aromatic rings. The minimum absolute atomic E-state index is 0.111. The lowest BCUT2D eigenvalue weighted by atomic mass is 10.1. The number of aryl methyl sites for hydroxylation is 2. The van der Waals surface area contributed by atoms with Crippen molar-refractivity contribution in [3.05, 3.63) is 51.4 Å². The molecule has 1 N–H and O–H groups in total. The molecule has 134 valence electrons. The van der Waals surface area contributed by atoms with Crippen molar-refractivity contribution in [3.63, 3.8) is 0 Å². The third kappa shape index (κ3) is 3.95. The molecule has 0 unspecified atom stereocenters. The van der Waals surface area contributed by atoms with Gasteiger partial charge in [0.2, 0.25) is 5.91 Å². The van der Waals surface area contributed by atoms with E-state index in [9.17, 15) is 15.3 Å². The Morgan fingerprint density at radius 3 is 2.70 bits per heavy atom. The largest absolute Gasteiger partial charge is 0.316 e. The summed E-state index contributed by atoms with van der Waals surface area (Å²) in [5.41, 5.74) is 3.74. The van der Waals surface area contributed by atoms with Crippen molar-refractivity contribution in [2.75, 3.05) is 11.1 Å². The molecule has 0 bridgehead atoms. The van der Waals surface area contributed by atoms with Crippen LogP contribution in [0.4, 0.5) is 5.00 Å². The Hall–Kier alpha value is -2.87. The molecule has 1 amide bonds. The second kappa shape index (κ2) is 7.79. The number of anilines is 1. The second-order valence-electron chi connectivity index (χ2n) is 6.09. The summed E-state index contributed by atoms with van der Waals surface area (Å²) in [7, 11) is 0. The molecule has 0 atom stereocenters. The summed E-state index contributed by atoms with van der Waals surface area (Å²) in [5, 5.41) is 23.5. The number of pyridine rings is 1. The van der Waals surface area contributed by atoms with Gasteiger partial charge in [0.1, 0.15) is 22.2 Å². The van der Waals surface area contributed by atoms with Gasteiger partial charge in [-0.05, 0) is 44.5 Å². The van der Waals surface area contributed by atoms with Crippen LogP contribution in [0.1, 0.15) is 27.1 Å². The molecule has 2 aromatic heterocycles. The van der Waals surface area contributed by atoms with Gasteiger partial charge in [-0.15, -0.1) is 11.3 Å².